The van der Waals surface area contributed by atoms with Crippen molar-refractivity contribution >= 4 is 11.5 Å². The first kappa shape index (κ1) is 10.9. The molecule has 4 heteroatoms. The maximum Gasteiger partial charge on any atom is 0.147 e. The third-order valence-electron chi connectivity index (χ3n) is 4.68. The summed E-state index contributed by atoms with van der Waals surface area (Å²) in [6.45, 7) is 3.02. The van der Waals surface area contributed by atoms with Gasteiger partial charge in [0.2, 0.25) is 0 Å². The first-order valence-corrected chi connectivity index (χ1v) is 6.68. The lowest BCUT2D eigenvalue weighted by molar-refractivity contribution is 0.348. The van der Waals surface area contributed by atoms with Crippen molar-refractivity contribution in [3.8, 4) is 0 Å². The van der Waals surface area contributed by atoms with Crippen LogP contribution in [0.2, 0.25) is 0 Å². The van der Waals surface area contributed by atoms with E-state index in [4.69, 9.17) is 5.73 Å². The second kappa shape index (κ2) is 3.93. The Balaban J connectivity index is 1.64. The Kier molecular flexibility index (Phi) is 2.53. The number of aromatic nitrogens is 2. The van der Waals surface area contributed by atoms with Crippen molar-refractivity contribution in [2.75, 3.05) is 17.6 Å². The number of hydrogen-bond donors (Lipinski definition) is 2. The lowest BCUT2D eigenvalue weighted by Crippen LogP contribution is -2.21. The Hall–Kier alpha value is -1.19. The standard InChI is InChI=1S/C13H22N4/c1-8-12(14)13(17(2)16-8)15-7-11-6-9-3-4-10(11)5-9/h9-11,15H,3-7,14H2,1-2H3. The molecule has 17 heavy (non-hydrogen) atoms. The first-order valence-electron chi connectivity index (χ1n) is 6.68. The summed E-state index contributed by atoms with van der Waals surface area (Å²) in [5.41, 5.74) is 7.74. The number of nitrogens with one attached hydrogen (secondary N) is 1. The van der Waals surface area contributed by atoms with Gasteiger partial charge in [0, 0.05) is 13.6 Å². The van der Waals surface area contributed by atoms with Gasteiger partial charge in [-0.3, -0.25) is 4.68 Å². The summed E-state index contributed by atoms with van der Waals surface area (Å²) in [6.07, 6.45) is 5.78. The van der Waals surface area contributed by atoms with E-state index in [0.29, 0.717) is 0 Å². The molecule has 2 saturated carbocycles. The van der Waals surface area contributed by atoms with Gasteiger partial charge in [-0.15, -0.1) is 0 Å². The molecule has 3 N–H and O–H groups in total. The zero-order valence-electron chi connectivity index (χ0n) is 10.7. The van der Waals surface area contributed by atoms with Crippen molar-refractivity contribution < 1.29 is 0 Å². The van der Waals surface area contributed by atoms with Gasteiger partial charge in [0.1, 0.15) is 5.82 Å². The largest absolute Gasteiger partial charge is 0.394 e. The maximum atomic E-state index is 6.02. The highest BCUT2D eigenvalue weighted by Crippen LogP contribution is 2.48. The SMILES string of the molecule is Cc1nn(C)c(NCC2CC3CCC2C3)c1N. The van der Waals surface area contributed by atoms with Crippen molar-refractivity contribution in [3.05, 3.63) is 5.69 Å². The smallest absolute Gasteiger partial charge is 0.147 e. The number of fused-ring (bicyclic) bond motifs is 2. The lowest BCUT2D eigenvalue weighted by Gasteiger charge is -2.22. The molecular formula is C13H22N4. The highest BCUT2D eigenvalue weighted by atomic mass is 15.3. The second-order valence-electron chi connectivity index (χ2n) is 5.79. The van der Waals surface area contributed by atoms with Crippen LogP contribution >= 0.6 is 0 Å². The van der Waals surface area contributed by atoms with Gasteiger partial charge in [-0.05, 0) is 43.9 Å². The minimum Gasteiger partial charge on any atom is -0.394 e. The Bertz CT molecular complexity index is 423. The molecule has 2 fully saturated rings. The summed E-state index contributed by atoms with van der Waals surface area (Å²) < 4.78 is 1.86. The van der Waals surface area contributed by atoms with Crippen LogP contribution in [0.1, 0.15) is 31.4 Å². The van der Waals surface area contributed by atoms with Crippen LogP contribution in [0.25, 0.3) is 0 Å². The summed E-state index contributed by atoms with van der Waals surface area (Å²) in [4.78, 5) is 0. The molecule has 1 aromatic rings. The minimum atomic E-state index is 0.802. The summed E-state index contributed by atoms with van der Waals surface area (Å²) in [5.74, 6) is 3.81. The van der Waals surface area contributed by atoms with Crippen LogP contribution in [0.3, 0.4) is 0 Å². The van der Waals surface area contributed by atoms with Crippen LogP contribution in [0.5, 0.6) is 0 Å². The number of nitrogens with zero attached hydrogens (tertiary/aromatic N) is 2. The van der Waals surface area contributed by atoms with E-state index in [0.717, 1.165) is 41.5 Å². The summed E-state index contributed by atoms with van der Waals surface area (Å²) in [7, 11) is 1.95. The minimum absolute atomic E-state index is 0.802. The van der Waals surface area contributed by atoms with Gasteiger partial charge in [-0.1, -0.05) is 6.42 Å². The number of aryl methyl sites for hydroxylation is 2. The predicted octanol–water partition coefficient (Wildman–Crippen LogP) is 2.16. The molecule has 0 aliphatic heterocycles. The van der Waals surface area contributed by atoms with Crippen LogP contribution in [0.4, 0.5) is 11.5 Å². The average molecular weight is 234 g/mol. The third-order valence-corrected chi connectivity index (χ3v) is 4.68. The number of nitrogens with two attached hydrogens (primary N) is 1. The monoisotopic (exact) mass is 234 g/mol. The van der Waals surface area contributed by atoms with E-state index in [9.17, 15) is 0 Å². The van der Waals surface area contributed by atoms with E-state index in [2.05, 4.69) is 10.4 Å². The summed E-state index contributed by atoms with van der Waals surface area (Å²) in [5, 5.41) is 7.84. The molecule has 3 unspecified atom stereocenters. The molecule has 4 nitrogen and oxygen atoms in total. The van der Waals surface area contributed by atoms with Crippen molar-refractivity contribution in [3.63, 3.8) is 0 Å². The van der Waals surface area contributed by atoms with Crippen LogP contribution in [-0.4, -0.2) is 16.3 Å². The van der Waals surface area contributed by atoms with Crippen LogP contribution in [0.15, 0.2) is 0 Å². The van der Waals surface area contributed by atoms with Gasteiger partial charge in [0.05, 0.1) is 11.4 Å². The van der Waals surface area contributed by atoms with E-state index in [1.54, 1.807) is 0 Å². The van der Waals surface area contributed by atoms with Gasteiger partial charge in [-0.25, -0.2) is 0 Å². The summed E-state index contributed by atoms with van der Waals surface area (Å²) in [6, 6.07) is 0. The maximum absolute atomic E-state index is 6.02. The van der Waals surface area contributed by atoms with E-state index in [1.807, 2.05) is 18.7 Å². The summed E-state index contributed by atoms with van der Waals surface area (Å²) >= 11 is 0. The topological polar surface area (TPSA) is 55.9 Å². The fourth-order valence-electron chi connectivity index (χ4n) is 3.74. The Morgan fingerprint density at radius 3 is 2.76 bits per heavy atom. The Morgan fingerprint density at radius 2 is 2.24 bits per heavy atom. The quantitative estimate of drug-likeness (QED) is 0.842. The molecule has 0 aromatic carbocycles. The van der Waals surface area contributed by atoms with Crippen molar-refractivity contribution in [1.82, 2.24) is 9.78 Å². The molecule has 2 aliphatic carbocycles. The van der Waals surface area contributed by atoms with Crippen LogP contribution in [-0.2, 0) is 7.05 Å². The lowest BCUT2D eigenvalue weighted by atomic mass is 9.89. The van der Waals surface area contributed by atoms with E-state index < -0.39 is 0 Å². The van der Waals surface area contributed by atoms with Crippen LogP contribution in [0, 0.1) is 24.7 Å². The van der Waals surface area contributed by atoms with E-state index in [-0.39, 0.29) is 0 Å². The van der Waals surface area contributed by atoms with Crippen molar-refractivity contribution in [2.45, 2.75) is 32.6 Å². The molecule has 3 atom stereocenters. The molecular weight excluding hydrogens is 212 g/mol. The molecule has 0 radical (unpaired) electrons. The highest BCUT2D eigenvalue weighted by Gasteiger charge is 2.39. The molecule has 94 valence electrons. The zero-order valence-corrected chi connectivity index (χ0v) is 10.7. The van der Waals surface area contributed by atoms with E-state index in [1.165, 1.54) is 25.7 Å². The zero-order chi connectivity index (χ0) is 12.0. The number of anilines is 2. The molecule has 3 rings (SSSR count). The predicted molar refractivity (Wildman–Crippen MR) is 69.8 cm³/mol. The van der Waals surface area contributed by atoms with Gasteiger partial charge in [0.15, 0.2) is 0 Å². The Labute approximate surface area is 103 Å². The van der Waals surface area contributed by atoms with Crippen molar-refractivity contribution in [2.24, 2.45) is 24.8 Å². The average Bonchev–Trinajstić information content (AvgIpc) is 2.95. The van der Waals surface area contributed by atoms with Gasteiger partial charge in [0.25, 0.3) is 0 Å². The molecule has 0 spiro atoms. The molecule has 0 saturated heterocycles. The number of nitrogen functional groups attached to an aromatic ring is 1. The molecule has 0 amide bonds. The molecule has 1 aromatic heterocycles. The van der Waals surface area contributed by atoms with E-state index >= 15 is 0 Å². The van der Waals surface area contributed by atoms with Crippen LogP contribution < -0.4 is 11.1 Å². The van der Waals surface area contributed by atoms with Gasteiger partial charge >= 0.3 is 0 Å². The van der Waals surface area contributed by atoms with Crippen molar-refractivity contribution in [1.29, 1.82) is 0 Å². The number of hydrogen-bond acceptors (Lipinski definition) is 3. The molecule has 2 bridgehead atoms. The number of rotatable bonds is 3. The molecule has 2 aliphatic rings. The Morgan fingerprint density at radius 1 is 1.41 bits per heavy atom. The second-order valence-corrected chi connectivity index (χ2v) is 5.79. The fourth-order valence-corrected chi connectivity index (χ4v) is 3.74. The third kappa shape index (κ3) is 1.79. The van der Waals surface area contributed by atoms with Gasteiger partial charge in [-0.2, -0.15) is 5.10 Å². The molecule has 1 heterocycles. The van der Waals surface area contributed by atoms with Gasteiger partial charge < -0.3 is 11.1 Å². The first-order chi connectivity index (χ1) is 8.15. The fraction of sp³-hybridized carbons (Fsp3) is 0.769. The highest BCUT2D eigenvalue weighted by molar-refractivity contribution is 5.64. The normalized spacial score (nSPS) is 31.1.